The van der Waals surface area contributed by atoms with E-state index in [9.17, 15) is 0 Å². The minimum Gasteiger partial charge on any atom is -0.496 e. The molecule has 3 aromatic rings. The van der Waals surface area contributed by atoms with Gasteiger partial charge in [-0.3, -0.25) is 0 Å². The number of benzene rings is 3. The van der Waals surface area contributed by atoms with Gasteiger partial charge in [-0.1, -0.05) is 59.6 Å². The van der Waals surface area contributed by atoms with Crippen molar-refractivity contribution in [1.29, 1.82) is 0 Å². The Bertz CT molecular complexity index is 879. The fourth-order valence-corrected chi connectivity index (χ4v) is 3.27. The van der Waals surface area contributed by atoms with Crippen LogP contribution < -0.4 is 14.8 Å². The smallest absolute Gasteiger partial charge is 0.123 e. The highest BCUT2D eigenvalue weighted by atomic mass is 35.5. The van der Waals surface area contributed by atoms with Gasteiger partial charge in [0.1, 0.15) is 18.1 Å². The van der Waals surface area contributed by atoms with Crippen LogP contribution in [0.5, 0.6) is 11.5 Å². The summed E-state index contributed by atoms with van der Waals surface area (Å²) in [6.07, 6.45) is 0. The lowest BCUT2D eigenvalue weighted by Gasteiger charge is -2.12. The largest absolute Gasteiger partial charge is 0.496 e. The van der Waals surface area contributed by atoms with E-state index >= 15 is 0 Å². The second-order valence-electron chi connectivity index (χ2n) is 6.05. The van der Waals surface area contributed by atoms with Crippen molar-refractivity contribution in [3.8, 4) is 11.5 Å². The average molecular weight is 402 g/mol. The van der Waals surface area contributed by atoms with E-state index < -0.39 is 0 Å². The Kier molecular flexibility index (Phi) is 6.99. The summed E-state index contributed by atoms with van der Waals surface area (Å²) in [6, 6.07) is 21.4. The first-order valence-electron chi connectivity index (χ1n) is 8.64. The molecule has 0 aliphatic heterocycles. The molecule has 0 aliphatic carbocycles. The number of ether oxygens (including phenoxy) is 2. The van der Waals surface area contributed by atoms with Crippen LogP contribution >= 0.6 is 23.2 Å². The minimum atomic E-state index is 0.330. The normalized spacial score (nSPS) is 10.6. The van der Waals surface area contributed by atoms with Gasteiger partial charge in [0.25, 0.3) is 0 Å². The van der Waals surface area contributed by atoms with E-state index in [1.807, 2.05) is 54.6 Å². The maximum Gasteiger partial charge on any atom is 0.123 e. The van der Waals surface area contributed by atoms with Crippen LogP contribution in [0.1, 0.15) is 16.7 Å². The van der Waals surface area contributed by atoms with E-state index in [0.29, 0.717) is 16.7 Å². The van der Waals surface area contributed by atoms with E-state index in [-0.39, 0.29) is 0 Å². The van der Waals surface area contributed by atoms with Crippen molar-refractivity contribution in [2.24, 2.45) is 0 Å². The molecule has 27 heavy (non-hydrogen) atoms. The van der Waals surface area contributed by atoms with Gasteiger partial charge in [0.05, 0.1) is 7.11 Å². The van der Waals surface area contributed by atoms with Gasteiger partial charge >= 0.3 is 0 Å². The van der Waals surface area contributed by atoms with Crippen molar-refractivity contribution in [2.75, 3.05) is 7.11 Å². The lowest BCUT2D eigenvalue weighted by atomic mass is 10.1. The predicted molar refractivity (Wildman–Crippen MR) is 111 cm³/mol. The Labute approximate surface area is 169 Å². The molecule has 3 rings (SSSR count). The Morgan fingerprint density at radius 3 is 2.37 bits per heavy atom. The SMILES string of the molecule is COc1ccccc1CNCc1cccc(OCc2c(Cl)cccc2Cl)c1. The minimum absolute atomic E-state index is 0.330. The Balaban J connectivity index is 1.57. The van der Waals surface area contributed by atoms with Crippen molar-refractivity contribution >= 4 is 23.2 Å². The molecule has 5 heteroatoms. The molecule has 0 aromatic heterocycles. The zero-order valence-corrected chi connectivity index (χ0v) is 16.6. The molecule has 0 heterocycles. The van der Waals surface area contributed by atoms with Gasteiger partial charge in [-0.2, -0.15) is 0 Å². The highest BCUT2D eigenvalue weighted by Crippen LogP contribution is 2.26. The van der Waals surface area contributed by atoms with Gasteiger partial charge in [0, 0.05) is 34.3 Å². The van der Waals surface area contributed by atoms with Gasteiger partial charge in [0.15, 0.2) is 0 Å². The zero-order valence-electron chi connectivity index (χ0n) is 15.0. The third-order valence-corrected chi connectivity index (χ3v) is 4.89. The zero-order chi connectivity index (χ0) is 19.1. The molecule has 0 saturated carbocycles. The molecule has 0 spiro atoms. The maximum atomic E-state index is 6.19. The van der Waals surface area contributed by atoms with Gasteiger partial charge in [-0.05, 0) is 35.9 Å². The van der Waals surface area contributed by atoms with E-state index in [1.54, 1.807) is 7.11 Å². The molecule has 0 amide bonds. The van der Waals surface area contributed by atoms with E-state index in [4.69, 9.17) is 32.7 Å². The van der Waals surface area contributed by atoms with Gasteiger partial charge in [-0.25, -0.2) is 0 Å². The lowest BCUT2D eigenvalue weighted by Crippen LogP contribution is -2.13. The Morgan fingerprint density at radius 1 is 0.852 bits per heavy atom. The van der Waals surface area contributed by atoms with Crippen molar-refractivity contribution in [3.63, 3.8) is 0 Å². The van der Waals surface area contributed by atoms with E-state index in [2.05, 4.69) is 17.4 Å². The fourth-order valence-electron chi connectivity index (χ4n) is 2.76. The fraction of sp³-hybridized carbons (Fsp3) is 0.182. The number of rotatable bonds is 8. The third kappa shape index (κ3) is 5.39. The number of hydrogen-bond donors (Lipinski definition) is 1. The van der Waals surface area contributed by atoms with Crippen LogP contribution in [0, 0.1) is 0 Å². The second-order valence-corrected chi connectivity index (χ2v) is 6.87. The topological polar surface area (TPSA) is 30.5 Å². The van der Waals surface area contributed by atoms with Crippen LogP contribution in [-0.2, 0) is 19.7 Å². The summed E-state index contributed by atoms with van der Waals surface area (Å²) in [7, 11) is 1.69. The van der Waals surface area contributed by atoms with Crippen molar-refractivity contribution < 1.29 is 9.47 Å². The van der Waals surface area contributed by atoms with Crippen LogP contribution in [0.25, 0.3) is 0 Å². The molecule has 0 bridgehead atoms. The van der Waals surface area contributed by atoms with E-state index in [1.165, 1.54) is 0 Å². The first-order chi connectivity index (χ1) is 13.2. The number of para-hydroxylation sites is 1. The van der Waals surface area contributed by atoms with Gasteiger partial charge in [-0.15, -0.1) is 0 Å². The lowest BCUT2D eigenvalue weighted by molar-refractivity contribution is 0.306. The number of halogens is 2. The quantitative estimate of drug-likeness (QED) is 0.511. The van der Waals surface area contributed by atoms with Crippen LogP contribution in [0.2, 0.25) is 10.0 Å². The standard InChI is InChI=1S/C22H21Cl2NO2/c1-26-22-11-3-2-7-17(22)14-25-13-16-6-4-8-18(12-16)27-15-19-20(23)9-5-10-21(19)24/h2-12,25H,13-15H2,1H3. The van der Waals surface area contributed by atoms with Crippen molar-refractivity contribution in [1.82, 2.24) is 5.32 Å². The van der Waals surface area contributed by atoms with Crippen molar-refractivity contribution in [3.05, 3.63) is 93.5 Å². The molecule has 0 fully saturated rings. The molecule has 0 atom stereocenters. The summed E-state index contributed by atoms with van der Waals surface area (Å²) in [5.74, 6) is 1.67. The first-order valence-corrected chi connectivity index (χ1v) is 9.40. The number of nitrogens with one attached hydrogen (secondary N) is 1. The molecule has 1 N–H and O–H groups in total. The summed E-state index contributed by atoms with van der Waals surface area (Å²) in [4.78, 5) is 0. The number of hydrogen-bond acceptors (Lipinski definition) is 3. The van der Waals surface area contributed by atoms with Gasteiger partial charge < -0.3 is 14.8 Å². The average Bonchev–Trinajstić information content (AvgIpc) is 2.68. The summed E-state index contributed by atoms with van der Waals surface area (Å²) >= 11 is 12.4. The molecule has 0 saturated heterocycles. The highest BCUT2D eigenvalue weighted by Gasteiger charge is 2.07. The van der Waals surface area contributed by atoms with Crippen LogP contribution in [-0.4, -0.2) is 7.11 Å². The summed E-state index contributed by atoms with van der Waals surface area (Å²) in [5, 5.41) is 4.65. The molecule has 3 nitrogen and oxygen atoms in total. The van der Waals surface area contributed by atoms with Crippen LogP contribution in [0.15, 0.2) is 66.7 Å². The molecule has 0 unspecified atom stereocenters. The van der Waals surface area contributed by atoms with Crippen LogP contribution in [0.4, 0.5) is 0 Å². The third-order valence-electron chi connectivity index (χ3n) is 4.18. The van der Waals surface area contributed by atoms with E-state index in [0.717, 1.165) is 41.3 Å². The second kappa shape index (κ2) is 9.65. The Morgan fingerprint density at radius 2 is 1.59 bits per heavy atom. The van der Waals surface area contributed by atoms with Gasteiger partial charge in [0.2, 0.25) is 0 Å². The first kappa shape index (κ1) is 19.6. The van der Waals surface area contributed by atoms with Crippen LogP contribution in [0.3, 0.4) is 0 Å². The highest BCUT2D eigenvalue weighted by molar-refractivity contribution is 6.35. The van der Waals surface area contributed by atoms with Crippen molar-refractivity contribution in [2.45, 2.75) is 19.7 Å². The summed E-state index contributed by atoms with van der Waals surface area (Å²) in [5.41, 5.74) is 3.05. The monoisotopic (exact) mass is 401 g/mol. The molecule has 0 radical (unpaired) electrons. The summed E-state index contributed by atoms with van der Waals surface area (Å²) < 4.78 is 11.3. The predicted octanol–water partition coefficient (Wildman–Crippen LogP) is 5.87. The molecular formula is C22H21Cl2NO2. The Hall–Kier alpha value is -2.20. The molecular weight excluding hydrogens is 381 g/mol. The maximum absolute atomic E-state index is 6.19. The summed E-state index contributed by atoms with van der Waals surface area (Å²) in [6.45, 7) is 1.78. The number of methoxy groups -OCH3 is 1. The molecule has 140 valence electrons. The molecule has 3 aromatic carbocycles. The molecule has 0 aliphatic rings.